The topological polar surface area (TPSA) is 61.9 Å². The van der Waals surface area contributed by atoms with Gasteiger partial charge in [0.15, 0.2) is 5.60 Å². The molecule has 28 heavy (non-hydrogen) atoms. The van der Waals surface area contributed by atoms with E-state index in [1.165, 1.54) is 0 Å². The number of amides is 2. The summed E-state index contributed by atoms with van der Waals surface area (Å²) in [5.74, 6) is 0.554. The molecule has 1 heterocycles. The molecule has 0 aliphatic carbocycles. The SMILES string of the molecule is CCN(CC)CCCCNC(=O)CCN1C(=O)C(C)(C)Oc2ccc(C)cc21. The summed E-state index contributed by atoms with van der Waals surface area (Å²) in [5.41, 5.74) is 0.872. The Morgan fingerprint density at radius 1 is 1.21 bits per heavy atom. The fraction of sp³-hybridized carbons (Fsp3) is 0.636. The molecule has 0 aromatic heterocycles. The first kappa shape index (κ1) is 22.2. The summed E-state index contributed by atoms with van der Waals surface area (Å²) >= 11 is 0. The summed E-state index contributed by atoms with van der Waals surface area (Å²) in [6, 6.07) is 5.79. The minimum absolute atomic E-state index is 0.0193. The predicted octanol–water partition coefficient (Wildman–Crippen LogP) is 3.13. The number of nitrogens with zero attached hydrogens (tertiary/aromatic N) is 2. The van der Waals surface area contributed by atoms with Crippen molar-refractivity contribution in [3.05, 3.63) is 23.8 Å². The normalized spacial score (nSPS) is 15.4. The van der Waals surface area contributed by atoms with E-state index >= 15 is 0 Å². The first-order chi connectivity index (χ1) is 13.3. The molecule has 1 aliphatic heterocycles. The molecule has 0 saturated heterocycles. The van der Waals surface area contributed by atoms with Gasteiger partial charge in [-0.2, -0.15) is 0 Å². The molecule has 0 saturated carbocycles. The fourth-order valence-electron chi connectivity index (χ4n) is 3.43. The highest BCUT2D eigenvalue weighted by Crippen LogP contribution is 2.38. The van der Waals surface area contributed by atoms with Crippen molar-refractivity contribution in [2.45, 2.75) is 59.5 Å². The van der Waals surface area contributed by atoms with Crippen LogP contribution in [0, 0.1) is 6.92 Å². The lowest BCUT2D eigenvalue weighted by Crippen LogP contribution is -2.53. The molecule has 156 valence electrons. The van der Waals surface area contributed by atoms with Crippen molar-refractivity contribution < 1.29 is 14.3 Å². The molecule has 1 aliphatic rings. The number of unbranched alkanes of at least 4 members (excludes halogenated alkanes) is 1. The van der Waals surface area contributed by atoms with E-state index < -0.39 is 5.60 Å². The van der Waals surface area contributed by atoms with Crippen LogP contribution in [-0.4, -0.2) is 55.0 Å². The minimum atomic E-state index is -0.927. The third-order valence-electron chi connectivity index (χ3n) is 5.21. The van der Waals surface area contributed by atoms with Gasteiger partial charge in [0, 0.05) is 19.5 Å². The van der Waals surface area contributed by atoms with Crippen LogP contribution in [0.2, 0.25) is 0 Å². The van der Waals surface area contributed by atoms with Crippen molar-refractivity contribution in [1.29, 1.82) is 0 Å². The van der Waals surface area contributed by atoms with Gasteiger partial charge in [-0.15, -0.1) is 0 Å². The second-order valence-electron chi connectivity index (χ2n) is 7.87. The van der Waals surface area contributed by atoms with Crippen LogP contribution in [0.5, 0.6) is 5.75 Å². The van der Waals surface area contributed by atoms with Crippen LogP contribution >= 0.6 is 0 Å². The number of hydrogen-bond donors (Lipinski definition) is 1. The Morgan fingerprint density at radius 2 is 1.93 bits per heavy atom. The summed E-state index contributed by atoms with van der Waals surface area (Å²) < 4.78 is 5.86. The number of nitrogens with one attached hydrogen (secondary N) is 1. The smallest absolute Gasteiger partial charge is 0.270 e. The quantitative estimate of drug-likeness (QED) is 0.625. The molecule has 0 spiro atoms. The second-order valence-corrected chi connectivity index (χ2v) is 7.87. The number of ether oxygens (including phenoxy) is 1. The summed E-state index contributed by atoms with van der Waals surface area (Å²) in [6.45, 7) is 14.1. The van der Waals surface area contributed by atoms with E-state index in [0.29, 0.717) is 18.8 Å². The first-order valence-corrected chi connectivity index (χ1v) is 10.4. The molecule has 0 bridgehead atoms. The van der Waals surface area contributed by atoms with Crippen molar-refractivity contribution in [3.8, 4) is 5.75 Å². The molecule has 1 aromatic carbocycles. The van der Waals surface area contributed by atoms with Gasteiger partial charge in [-0.05, 0) is 70.9 Å². The molecular formula is C22H35N3O3. The number of carbonyl (C=O) groups is 2. The fourth-order valence-corrected chi connectivity index (χ4v) is 3.43. The average molecular weight is 390 g/mol. The van der Waals surface area contributed by atoms with Gasteiger partial charge in [-0.25, -0.2) is 0 Å². The van der Waals surface area contributed by atoms with E-state index in [4.69, 9.17) is 4.74 Å². The van der Waals surface area contributed by atoms with Gasteiger partial charge in [-0.3, -0.25) is 9.59 Å². The molecule has 2 amide bonds. The summed E-state index contributed by atoms with van der Waals surface area (Å²) in [7, 11) is 0. The predicted molar refractivity (Wildman–Crippen MR) is 113 cm³/mol. The summed E-state index contributed by atoms with van der Waals surface area (Å²) in [4.78, 5) is 29.1. The van der Waals surface area contributed by atoms with Crippen molar-refractivity contribution in [2.75, 3.05) is 37.6 Å². The maximum atomic E-state index is 12.8. The highest BCUT2D eigenvalue weighted by atomic mass is 16.5. The lowest BCUT2D eigenvalue weighted by atomic mass is 10.0. The Morgan fingerprint density at radius 3 is 2.61 bits per heavy atom. The van der Waals surface area contributed by atoms with Crippen LogP contribution in [0.4, 0.5) is 5.69 Å². The highest BCUT2D eigenvalue weighted by molar-refractivity contribution is 6.02. The van der Waals surface area contributed by atoms with E-state index in [9.17, 15) is 9.59 Å². The van der Waals surface area contributed by atoms with Gasteiger partial charge >= 0.3 is 0 Å². The molecule has 0 atom stereocenters. The minimum Gasteiger partial charge on any atom is -0.476 e. The summed E-state index contributed by atoms with van der Waals surface area (Å²) in [5, 5.41) is 2.98. The molecule has 0 fully saturated rings. The van der Waals surface area contributed by atoms with E-state index in [-0.39, 0.29) is 18.2 Å². The van der Waals surface area contributed by atoms with Crippen molar-refractivity contribution in [2.24, 2.45) is 0 Å². The van der Waals surface area contributed by atoms with Crippen molar-refractivity contribution in [1.82, 2.24) is 10.2 Å². The van der Waals surface area contributed by atoms with Crippen LogP contribution in [0.3, 0.4) is 0 Å². The monoisotopic (exact) mass is 389 g/mol. The molecule has 1 aromatic rings. The van der Waals surface area contributed by atoms with Crippen LogP contribution in [-0.2, 0) is 9.59 Å². The lowest BCUT2D eigenvalue weighted by Gasteiger charge is -2.38. The van der Waals surface area contributed by atoms with Crippen molar-refractivity contribution >= 4 is 17.5 Å². The third-order valence-corrected chi connectivity index (χ3v) is 5.21. The Labute approximate surface area is 169 Å². The van der Waals surface area contributed by atoms with Crippen LogP contribution in [0.15, 0.2) is 18.2 Å². The number of anilines is 1. The van der Waals surface area contributed by atoms with Crippen LogP contribution in [0.1, 0.15) is 52.5 Å². The molecular weight excluding hydrogens is 354 g/mol. The van der Waals surface area contributed by atoms with Gasteiger partial charge in [0.1, 0.15) is 5.75 Å². The molecule has 1 N–H and O–H groups in total. The van der Waals surface area contributed by atoms with E-state index in [1.54, 1.807) is 18.7 Å². The zero-order chi connectivity index (χ0) is 20.7. The number of fused-ring (bicyclic) bond motifs is 1. The zero-order valence-corrected chi connectivity index (χ0v) is 18.0. The van der Waals surface area contributed by atoms with Gasteiger partial charge in [-0.1, -0.05) is 19.9 Å². The first-order valence-electron chi connectivity index (χ1n) is 10.4. The van der Waals surface area contributed by atoms with Gasteiger partial charge in [0.05, 0.1) is 5.69 Å². The van der Waals surface area contributed by atoms with Gasteiger partial charge in [0.2, 0.25) is 5.91 Å². The number of benzene rings is 1. The van der Waals surface area contributed by atoms with E-state index in [1.807, 2.05) is 25.1 Å². The van der Waals surface area contributed by atoms with E-state index in [0.717, 1.165) is 43.7 Å². The van der Waals surface area contributed by atoms with E-state index in [2.05, 4.69) is 24.1 Å². The van der Waals surface area contributed by atoms with Crippen LogP contribution < -0.4 is 15.0 Å². The highest BCUT2D eigenvalue weighted by Gasteiger charge is 2.40. The second kappa shape index (κ2) is 9.92. The molecule has 6 heteroatoms. The number of hydrogen-bond acceptors (Lipinski definition) is 4. The average Bonchev–Trinajstić information content (AvgIpc) is 2.65. The zero-order valence-electron chi connectivity index (χ0n) is 18.0. The number of aryl methyl sites for hydroxylation is 1. The maximum absolute atomic E-state index is 12.8. The Kier molecular flexibility index (Phi) is 7.87. The maximum Gasteiger partial charge on any atom is 0.270 e. The van der Waals surface area contributed by atoms with Crippen molar-refractivity contribution in [3.63, 3.8) is 0 Å². The van der Waals surface area contributed by atoms with Gasteiger partial charge in [0.25, 0.3) is 5.91 Å². The molecule has 0 radical (unpaired) electrons. The number of rotatable bonds is 10. The third kappa shape index (κ3) is 5.71. The Balaban J connectivity index is 1.85. The van der Waals surface area contributed by atoms with Gasteiger partial charge < -0.3 is 19.9 Å². The molecule has 6 nitrogen and oxygen atoms in total. The van der Waals surface area contributed by atoms with Crippen LogP contribution in [0.25, 0.3) is 0 Å². The Hall–Kier alpha value is -2.08. The standard InChI is InChI=1S/C22H35N3O3/c1-6-24(7-2)14-9-8-13-23-20(26)12-15-25-18-16-17(3)10-11-19(18)28-22(4,5)21(25)27/h10-11,16H,6-9,12-15H2,1-5H3,(H,23,26). The molecule has 2 rings (SSSR count). The number of carbonyl (C=O) groups excluding carboxylic acids is 2. The largest absolute Gasteiger partial charge is 0.476 e. The lowest BCUT2D eigenvalue weighted by molar-refractivity contribution is -0.132. The summed E-state index contributed by atoms with van der Waals surface area (Å²) in [6.07, 6.45) is 2.32. The Bertz CT molecular complexity index is 684. The molecule has 0 unspecified atom stereocenters.